The van der Waals surface area contributed by atoms with E-state index < -0.39 is 0 Å². The Bertz CT molecular complexity index is 409. The fourth-order valence-corrected chi connectivity index (χ4v) is 1.58. The minimum absolute atomic E-state index is 0.184. The molecule has 112 valence electrons. The highest BCUT2D eigenvalue weighted by atomic mass is 32.2. The average Bonchev–Trinajstić information content (AvgIpc) is 2.47. The van der Waals surface area contributed by atoms with Crippen molar-refractivity contribution in [1.82, 2.24) is 15.6 Å². The van der Waals surface area contributed by atoms with E-state index in [4.69, 9.17) is 4.74 Å². The van der Waals surface area contributed by atoms with Gasteiger partial charge < -0.3 is 15.4 Å². The molecule has 0 fully saturated rings. The Morgan fingerprint density at radius 2 is 2.25 bits per heavy atom. The second-order valence-electron chi connectivity index (χ2n) is 4.85. The molecule has 0 aliphatic heterocycles. The van der Waals surface area contributed by atoms with E-state index in [2.05, 4.69) is 40.7 Å². The van der Waals surface area contributed by atoms with E-state index in [-0.39, 0.29) is 4.75 Å². The first kappa shape index (κ1) is 16.6. The molecule has 20 heavy (non-hydrogen) atoms. The van der Waals surface area contributed by atoms with E-state index in [1.165, 1.54) is 0 Å². The number of nitrogens with zero attached hydrogens (tertiary/aromatic N) is 2. The highest BCUT2D eigenvalue weighted by Crippen LogP contribution is 2.19. The third kappa shape index (κ3) is 6.65. The lowest BCUT2D eigenvalue weighted by molar-refractivity contribution is 0.320. The van der Waals surface area contributed by atoms with Gasteiger partial charge in [0, 0.05) is 24.5 Å². The van der Waals surface area contributed by atoms with Gasteiger partial charge in [-0.05, 0) is 32.2 Å². The number of nitrogens with one attached hydrogen (secondary N) is 2. The molecule has 0 saturated heterocycles. The fraction of sp³-hybridized carbons (Fsp3) is 0.571. The number of thioether (sulfide) groups is 1. The van der Waals surface area contributed by atoms with Crippen LogP contribution in [0.2, 0.25) is 0 Å². The Kier molecular flexibility index (Phi) is 7.22. The van der Waals surface area contributed by atoms with Crippen LogP contribution in [0.15, 0.2) is 29.5 Å². The lowest BCUT2D eigenvalue weighted by Crippen LogP contribution is -2.44. The number of hydrogen-bond donors (Lipinski definition) is 2. The van der Waals surface area contributed by atoms with Gasteiger partial charge in [0.25, 0.3) is 0 Å². The van der Waals surface area contributed by atoms with Gasteiger partial charge in [0.2, 0.25) is 0 Å². The molecule has 0 aromatic carbocycles. The van der Waals surface area contributed by atoms with Gasteiger partial charge in [0.15, 0.2) is 5.96 Å². The normalized spacial score (nSPS) is 12.1. The lowest BCUT2D eigenvalue weighted by Gasteiger charge is -2.23. The van der Waals surface area contributed by atoms with E-state index in [1.807, 2.05) is 23.9 Å². The summed E-state index contributed by atoms with van der Waals surface area (Å²) in [5.41, 5.74) is 0. The van der Waals surface area contributed by atoms with Gasteiger partial charge in [-0.2, -0.15) is 11.8 Å². The largest absolute Gasteiger partial charge is 0.490 e. The minimum atomic E-state index is 0.184. The highest BCUT2D eigenvalue weighted by Gasteiger charge is 2.15. The zero-order valence-electron chi connectivity index (χ0n) is 12.6. The van der Waals surface area contributed by atoms with Crippen LogP contribution in [0.5, 0.6) is 5.75 Å². The van der Waals surface area contributed by atoms with Gasteiger partial charge in [-0.1, -0.05) is 0 Å². The van der Waals surface area contributed by atoms with Crippen molar-refractivity contribution in [2.24, 2.45) is 4.99 Å². The van der Waals surface area contributed by atoms with Crippen LogP contribution in [-0.2, 0) is 0 Å². The summed E-state index contributed by atoms with van der Waals surface area (Å²) in [5, 5.41) is 6.53. The van der Waals surface area contributed by atoms with Gasteiger partial charge in [0.05, 0.1) is 12.7 Å². The van der Waals surface area contributed by atoms with Crippen LogP contribution in [0, 0.1) is 0 Å². The van der Waals surface area contributed by atoms with Crippen molar-refractivity contribution >= 4 is 17.7 Å². The van der Waals surface area contributed by atoms with Gasteiger partial charge in [-0.3, -0.25) is 9.98 Å². The van der Waals surface area contributed by atoms with Gasteiger partial charge >= 0.3 is 0 Å². The molecule has 0 atom stereocenters. The minimum Gasteiger partial charge on any atom is -0.490 e. The first-order valence-corrected chi connectivity index (χ1v) is 7.82. The monoisotopic (exact) mass is 296 g/mol. The van der Waals surface area contributed by atoms with Crippen LogP contribution < -0.4 is 15.4 Å². The number of pyridine rings is 1. The second kappa shape index (κ2) is 8.68. The maximum atomic E-state index is 5.56. The highest BCUT2D eigenvalue weighted by molar-refractivity contribution is 7.99. The number of guanidine groups is 1. The predicted octanol–water partition coefficient (Wildman–Crippen LogP) is 1.77. The fourth-order valence-electron chi connectivity index (χ4n) is 1.36. The molecule has 0 radical (unpaired) electrons. The third-order valence-electron chi connectivity index (χ3n) is 2.76. The van der Waals surface area contributed by atoms with Crippen molar-refractivity contribution in [3.63, 3.8) is 0 Å². The molecule has 0 unspecified atom stereocenters. The van der Waals surface area contributed by atoms with E-state index in [9.17, 15) is 0 Å². The van der Waals surface area contributed by atoms with Crippen LogP contribution in [0.25, 0.3) is 0 Å². The Morgan fingerprint density at radius 3 is 2.85 bits per heavy atom. The lowest BCUT2D eigenvalue weighted by atomic mass is 10.2. The predicted molar refractivity (Wildman–Crippen MR) is 86.7 cm³/mol. The van der Waals surface area contributed by atoms with Crippen molar-refractivity contribution in [2.45, 2.75) is 18.6 Å². The molecular formula is C14H24N4OS. The Balaban J connectivity index is 2.22. The molecule has 1 aromatic heterocycles. The van der Waals surface area contributed by atoms with Crippen LogP contribution in [0.4, 0.5) is 0 Å². The molecule has 0 spiro atoms. The van der Waals surface area contributed by atoms with Crippen molar-refractivity contribution in [3.05, 3.63) is 24.5 Å². The van der Waals surface area contributed by atoms with Crippen LogP contribution in [-0.4, -0.2) is 48.7 Å². The zero-order valence-corrected chi connectivity index (χ0v) is 13.5. The van der Waals surface area contributed by atoms with E-state index in [1.54, 1.807) is 19.4 Å². The Hall–Kier alpha value is -1.43. The summed E-state index contributed by atoms with van der Waals surface area (Å²) < 4.78 is 5.74. The first-order valence-electron chi connectivity index (χ1n) is 6.60. The molecule has 0 aliphatic carbocycles. The third-order valence-corrected chi connectivity index (χ3v) is 4.00. The molecule has 1 aromatic rings. The number of rotatable bonds is 7. The van der Waals surface area contributed by atoms with E-state index in [0.29, 0.717) is 13.2 Å². The molecule has 2 N–H and O–H groups in total. The molecule has 0 saturated carbocycles. The van der Waals surface area contributed by atoms with Gasteiger partial charge in [0.1, 0.15) is 12.4 Å². The quantitative estimate of drug-likeness (QED) is 0.456. The van der Waals surface area contributed by atoms with Crippen molar-refractivity contribution in [3.8, 4) is 5.75 Å². The standard InChI is InChI=1S/C14H24N4OS/c1-14(2,20-4)11-18-13(15-3)17-8-9-19-12-6-5-7-16-10-12/h5-7,10H,8-9,11H2,1-4H3,(H2,15,17,18). The Morgan fingerprint density at radius 1 is 1.45 bits per heavy atom. The molecule has 0 bridgehead atoms. The number of aromatic nitrogens is 1. The van der Waals surface area contributed by atoms with Crippen molar-refractivity contribution in [2.75, 3.05) is 33.0 Å². The topological polar surface area (TPSA) is 58.5 Å². The SMILES string of the molecule is CN=C(NCCOc1cccnc1)NCC(C)(C)SC. The molecule has 0 amide bonds. The second-order valence-corrected chi connectivity index (χ2v) is 6.37. The van der Waals surface area contributed by atoms with Crippen LogP contribution in [0.3, 0.4) is 0 Å². The summed E-state index contributed by atoms with van der Waals surface area (Å²) in [4.78, 5) is 8.18. The summed E-state index contributed by atoms with van der Waals surface area (Å²) in [6.45, 7) is 6.51. The molecular weight excluding hydrogens is 272 g/mol. The molecule has 1 rings (SSSR count). The Labute approximate surface area is 125 Å². The van der Waals surface area contributed by atoms with Crippen molar-refractivity contribution < 1.29 is 4.74 Å². The van der Waals surface area contributed by atoms with Gasteiger partial charge in [-0.25, -0.2) is 0 Å². The van der Waals surface area contributed by atoms with E-state index >= 15 is 0 Å². The maximum absolute atomic E-state index is 5.56. The summed E-state index contributed by atoms with van der Waals surface area (Å²) in [5.74, 6) is 1.57. The smallest absolute Gasteiger partial charge is 0.191 e. The maximum Gasteiger partial charge on any atom is 0.191 e. The number of ether oxygens (including phenoxy) is 1. The van der Waals surface area contributed by atoms with Crippen LogP contribution in [0.1, 0.15) is 13.8 Å². The zero-order chi connectivity index (χ0) is 14.8. The van der Waals surface area contributed by atoms with Crippen molar-refractivity contribution in [1.29, 1.82) is 0 Å². The summed E-state index contributed by atoms with van der Waals surface area (Å²) in [6, 6.07) is 3.74. The van der Waals surface area contributed by atoms with Gasteiger partial charge in [-0.15, -0.1) is 0 Å². The molecule has 1 heterocycles. The van der Waals surface area contributed by atoms with Crippen LogP contribution >= 0.6 is 11.8 Å². The number of aliphatic imine (C=N–C) groups is 1. The number of hydrogen-bond acceptors (Lipinski definition) is 4. The summed E-state index contributed by atoms with van der Waals surface area (Å²) in [6.07, 6.45) is 5.54. The van der Waals surface area contributed by atoms with E-state index in [0.717, 1.165) is 18.3 Å². The summed E-state index contributed by atoms with van der Waals surface area (Å²) in [7, 11) is 1.77. The molecule has 0 aliphatic rings. The first-order chi connectivity index (χ1) is 9.57. The summed E-state index contributed by atoms with van der Waals surface area (Å²) >= 11 is 1.83. The molecule has 5 nitrogen and oxygen atoms in total. The molecule has 6 heteroatoms. The average molecular weight is 296 g/mol.